The standard InChI is InChI=1S/C17H21NO2/c1-12-4-7-15(8-5-12)13(2)18-11-14-6-9-16(19)17(10-14)20-3/h4-10,13,18-19H,11H2,1-3H3/t13-/m1/s1. The molecule has 3 heteroatoms. The number of rotatable bonds is 5. The van der Waals surface area contributed by atoms with E-state index in [-0.39, 0.29) is 11.8 Å². The van der Waals surface area contributed by atoms with Crippen molar-refractivity contribution < 1.29 is 9.84 Å². The molecule has 0 aromatic heterocycles. The number of aryl methyl sites for hydroxylation is 1. The van der Waals surface area contributed by atoms with Gasteiger partial charge in [-0.3, -0.25) is 0 Å². The molecule has 0 radical (unpaired) electrons. The average Bonchev–Trinajstić information content (AvgIpc) is 2.46. The van der Waals surface area contributed by atoms with Crippen molar-refractivity contribution in [2.45, 2.75) is 26.4 Å². The topological polar surface area (TPSA) is 41.5 Å². The van der Waals surface area contributed by atoms with E-state index in [0.717, 1.165) is 12.1 Å². The third kappa shape index (κ3) is 3.52. The summed E-state index contributed by atoms with van der Waals surface area (Å²) in [7, 11) is 1.56. The first kappa shape index (κ1) is 14.4. The third-order valence-electron chi connectivity index (χ3n) is 3.43. The van der Waals surface area contributed by atoms with E-state index in [0.29, 0.717) is 5.75 Å². The minimum atomic E-state index is 0.169. The maximum absolute atomic E-state index is 9.57. The Morgan fingerprint density at radius 2 is 1.85 bits per heavy atom. The normalized spacial score (nSPS) is 12.2. The van der Waals surface area contributed by atoms with E-state index >= 15 is 0 Å². The number of benzene rings is 2. The van der Waals surface area contributed by atoms with Crippen LogP contribution in [0.3, 0.4) is 0 Å². The molecule has 0 fully saturated rings. The van der Waals surface area contributed by atoms with Gasteiger partial charge in [-0.15, -0.1) is 0 Å². The minimum absolute atomic E-state index is 0.169. The first-order valence-corrected chi connectivity index (χ1v) is 6.76. The predicted molar refractivity (Wildman–Crippen MR) is 81.1 cm³/mol. The lowest BCUT2D eigenvalue weighted by Crippen LogP contribution is -2.18. The summed E-state index contributed by atoms with van der Waals surface area (Å²) in [6.07, 6.45) is 0. The number of aromatic hydroxyl groups is 1. The summed E-state index contributed by atoms with van der Waals surface area (Å²) in [5.74, 6) is 0.676. The lowest BCUT2D eigenvalue weighted by molar-refractivity contribution is 0.372. The number of phenolic OH excluding ortho intramolecular Hbond substituents is 1. The van der Waals surface area contributed by atoms with Crippen molar-refractivity contribution >= 4 is 0 Å². The highest BCUT2D eigenvalue weighted by atomic mass is 16.5. The van der Waals surface area contributed by atoms with Gasteiger partial charge in [-0.25, -0.2) is 0 Å². The van der Waals surface area contributed by atoms with E-state index in [9.17, 15) is 5.11 Å². The zero-order chi connectivity index (χ0) is 14.5. The van der Waals surface area contributed by atoms with Gasteiger partial charge >= 0.3 is 0 Å². The molecule has 2 N–H and O–H groups in total. The van der Waals surface area contributed by atoms with Crippen LogP contribution in [0.25, 0.3) is 0 Å². The van der Waals surface area contributed by atoms with Crippen LogP contribution in [0, 0.1) is 6.92 Å². The average molecular weight is 271 g/mol. The van der Waals surface area contributed by atoms with E-state index in [1.54, 1.807) is 13.2 Å². The summed E-state index contributed by atoms with van der Waals surface area (Å²) in [5.41, 5.74) is 3.61. The van der Waals surface area contributed by atoms with Crippen LogP contribution in [0.5, 0.6) is 11.5 Å². The molecule has 0 aliphatic heterocycles. The van der Waals surface area contributed by atoms with Gasteiger partial charge in [0, 0.05) is 12.6 Å². The summed E-state index contributed by atoms with van der Waals surface area (Å²) in [6, 6.07) is 14.2. The molecule has 0 saturated heterocycles. The van der Waals surface area contributed by atoms with Crippen molar-refractivity contribution in [2.24, 2.45) is 0 Å². The molecular weight excluding hydrogens is 250 g/mol. The molecular formula is C17H21NO2. The van der Waals surface area contributed by atoms with Crippen LogP contribution in [-0.2, 0) is 6.54 Å². The number of hydrogen-bond acceptors (Lipinski definition) is 3. The highest BCUT2D eigenvalue weighted by Gasteiger charge is 2.06. The largest absolute Gasteiger partial charge is 0.504 e. The second-order valence-electron chi connectivity index (χ2n) is 5.02. The van der Waals surface area contributed by atoms with Gasteiger partial charge in [0.1, 0.15) is 0 Å². The molecule has 0 spiro atoms. The Morgan fingerprint density at radius 1 is 1.15 bits per heavy atom. The maximum atomic E-state index is 9.57. The van der Waals surface area contributed by atoms with Crippen LogP contribution in [0.2, 0.25) is 0 Å². The van der Waals surface area contributed by atoms with Crippen LogP contribution in [-0.4, -0.2) is 12.2 Å². The fourth-order valence-electron chi connectivity index (χ4n) is 2.08. The van der Waals surface area contributed by atoms with Gasteiger partial charge in [-0.2, -0.15) is 0 Å². The highest BCUT2D eigenvalue weighted by molar-refractivity contribution is 5.41. The first-order valence-electron chi connectivity index (χ1n) is 6.76. The Morgan fingerprint density at radius 3 is 2.50 bits per heavy atom. The molecule has 0 amide bonds. The molecule has 20 heavy (non-hydrogen) atoms. The van der Waals surface area contributed by atoms with Crippen LogP contribution >= 0.6 is 0 Å². The predicted octanol–water partition coefficient (Wildman–Crippen LogP) is 3.56. The van der Waals surface area contributed by atoms with Crippen molar-refractivity contribution in [1.29, 1.82) is 0 Å². The molecule has 3 nitrogen and oxygen atoms in total. The van der Waals surface area contributed by atoms with Gasteiger partial charge < -0.3 is 15.2 Å². The van der Waals surface area contributed by atoms with E-state index in [2.05, 4.69) is 43.4 Å². The summed E-state index contributed by atoms with van der Waals surface area (Å²) in [6.45, 7) is 4.96. The third-order valence-corrected chi connectivity index (χ3v) is 3.43. The number of ether oxygens (including phenoxy) is 1. The van der Waals surface area contributed by atoms with Crippen molar-refractivity contribution in [2.75, 3.05) is 7.11 Å². The molecule has 0 unspecified atom stereocenters. The minimum Gasteiger partial charge on any atom is -0.504 e. The van der Waals surface area contributed by atoms with Crippen LogP contribution in [0.15, 0.2) is 42.5 Å². The van der Waals surface area contributed by atoms with E-state index in [4.69, 9.17) is 4.74 Å². The fraction of sp³-hybridized carbons (Fsp3) is 0.294. The SMILES string of the molecule is COc1cc(CN[C@H](C)c2ccc(C)cc2)ccc1O. The van der Waals surface area contributed by atoms with Gasteiger partial charge in [0.05, 0.1) is 7.11 Å². The molecule has 1 atom stereocenters. The summed E-state index contributed by atoms with van der Waals surface area (Å²) < 4.78 is 5.11. The molecule has 0 heterocycles. The molecule has 2 rings (SSSR count). The summed E-state index contributed by atoms with van der Waals surface area (Å²) in [4.78, 5) is 0. The summed E-state index contributed by atoms with van der Waals surface area (Å²) >= 11 is 0. The van der Waals surface area contributed by atoms with Gasteiger partial charge in [-0.05, 0) is 37.1 Å². The smallest absolute Gasteiger partial charge is 0.160 e. The lowest BCUT2D eigenvalue weighted by Gasteiger charge is -2.15. The van der Waals surface area contributed by atoms with Gasteiger partial charge in [0.2, 0.25) is 0 Å². The number of nitrogens with one attached hydrogen (secondary N) is 1. The number of phenols is 1. The first-order chi connectivity index (χ1) is 9.60. The Labute approximate surface area is 120 Å². The molecule has 0 aliphatic rings. The number of hydrogen-bond donors (Lipinski definition) is 2. The quantitative estimate of drug-likeness (QED) is 0.873. The van der Waals surface area contributed by atoms with Gasteiger partial charge in [0.25, 0.3) is 0 Å². The zero-order valence-corrected chi connectivity index (χ0v) is 12.2. The Balaban J connectivity index is 1.99. The molecule has 0 saturated carbocycles. The maximum Gasteiger partial charge on any atom is 0.160 e. The van der Waals surface area contributed by atoms with Crippen LogP contribution < -0.4 is 10.1 Å². The van der Waals surface area contributed by atoms with Gasteiger partial charge in [0.15, 0.2) is 11.5 Å². The van der Waals surface area contributed by atoms with Crippen LogP contribution in [0.1, 0.15) is 29.7 Å². The van der Waals surface area contributed by atoms with Crippen molar-refractivity contribution in [3.05, 3.63) is 59.2 Å². The van der Waals surface area contributed by atoms with Crippen molar-refractivity contribution in [3.63, 3.8) is 0 Å². The van der Waals surface area contributed by atoms with E-state index in [1.165, 1.54) is 11.1 Å². The summed E-state index contributed by atoms with van der Waals surface area (Å²) in [5, 5.41) is 13.0. The second kappa shape index (κ2) is 6.44. The second-order valence-corrected chi connectivity index (χ2v) is 5.02. The van der Waals surface area contributed by atoms with Crippen molar-refractivity contribution in [3.8, 4) is 11.5 Å². The molecule has 0 bridgehead atoms. The fourth-order valence-corrected chi connectivity index (χ4v) is 2.08. The molecule has 2 aromatic rings. The molecule has 2 aromatic carbocycles. The lowest BCUT2D eigenvalue weighted by atomic mass is 10.1. The van der Waals surface area contributed by atoms with Crippen molar-refractivity contribution in [1.82, 2.24) is 5.32 Å². The van der Waals surface area contributed by atoms with E-state index < -0.39 is 0 Å². The van der Waals surface area contributed by atoms with Crippen LogP contribution in [0.4, 0.5) is 0 Å². The Bertz CT molecular complexity index is 564. The number of methoxy groups -OCH3 is 1. The Hall–Kier alpha value is -2.00. The monoisotopic (exact) mass is 271 g/mol. The Kier molecular flexibility index (Phi) is 4.64. The van der Waals surface area contributed by atoms with Gasteiger partial charge in [-0.1, -0.05) is 35.9 Å². The molecule has 106 valence electrons. The van der Waals surface area contributed by atoms with E-state index in [1.807, 2.05) is 12.1 Å². The zero-order valence-electron chi connectivity index (χ0n) is 12.2. The highest BCUT2D eigenvalue weighted by Crippen LogP contribution is 2.26. The molecule has 0 aliphatic carbocycles.